The lowest BCUT2D eigenvalue weighted by Gasteiger charge is -1.97. The van der Waals surface area contributed by atoms with E-state index in [1.165, 1.54) is 0 Å². The van der Waals surface area contributed by atoms with Gasteiger partial charge < -0.3 is 16.2 Å². The van der Waals surface area contributed by atoms with E-state index in [1.54, 1.807) is 0 Å². The van der Waals surface area contributed by atoms with Crippen molar-refractivity contribution in [3.05, 3.63) is 0 Å². The first-order valence-corrected chi connectivity index (χ1v) is 2.83. The second-order valence-electron chi connectivity index (χ2n) is 1.62. The standard InChI is InChI=1S/C5H12N2O2/c6-2-4-9-3-1-5(7)8/h1-4,6H2,(H2,7,8). The molecule has 0 bridgehead atoms. The van der Waals surface area contributed by atoms with E-state index in [0.717, 1.165) is 0 Å². The molecule has 4 nitrogen and oxygen atoms in total. The first-order valence-electron chi connectivity index (χ1n) is 2.83. The van der Waals surface area contributed by atoms with Crippen molar-refractivity contribution in [3.8, 4) is 0 Å². The van der Waals surface area contributed by atoms with Crippen LogP contribution in [0.1, 0.15) is 6.42 Å². The summed E-state index contributed by atoms with van der Waals surface area (Å²) in [5, 5.41) is 0. The number of carbonyl (C=O) groups excluding carboxylic acids is 1. The molecule has 0 spiro atoms. The Morgan fingerprint density at radius 2 is 2.11 bits per heavy atom. The Kier molecular flexibility index (Phi) is 5.15. The lowest BCUT2D eigenvalue weighted by Crippen LogP contribution is -2.15. The van der Waals surface area contributed by atoms with E-state index >= 15 is 0 Å². The summed E-state index contributed by atoms with van der Waals surface area (Å²) in [5.74, 6) is -0.341. The van der Waals surface area contributed by atoms with Crippen LogP contribution in [-0.2, 0) is 9.53 Å². The molecule has 0 atom stereocenters. The maximum Gasteiger partial charge on any atom is 0.219 e. The molecule has 4 N–H and O–H groups in total. The SMILES string of the molecule is NCCOCCC(N)=O. The molecule has 0 radical (unpaired) electrons. The molecule has 0 saturated heterocycles. The van der Waals surface area contributed by atoms with Crippen molar-refractivity contribution in [2.45, 2.75) is 6.42 Å². The lowest BCUT2D eigenvalue weighted by molar-refractivity contribution is -0.119. The van der Waals surface area contributed by atoms with Crippen molar-refractivity contribution in [1.82, 2.24) is 0 Å². The lowest BCUT2D eigenvalue weighted by atomic mass is 10.4. The van der Waals surface area contributed by atoms with Crippen LogP contribution >= 0.6 is 0 Å². The third-order valence-electron chi connectivity index (χ3n) is 0.755. The van der Waals surface area contributed by atoms with E-state index in [-0.39, 0.29) is 12.3 Å². The molecule has 0 unspecified atom stereocenters. The van der Waals surface area contributed by atoms with Crippen molar-refractivity contribution in [1.29, 1.82) is 0 Å². The number of hydrogen-bond acceptors (Lipinski definition) is 3. The second-order valence-corrected chi connectivity index (χ2v) is 1.62. The molecule has 0 aliphatic rings. The van der Waals surface area contributed by atoms with E-state index in [1.807, 2.05) is 0 Å². The molecule has 0 rings (SSSR count). The van der Waals surface area contributed by atoms with Crippen molar-refractivity contribution < 1.29 is 9.53 Å². The predicted octanol–water partition coefficient (Wildman–Crippen LogP) is -1.16. The summed E-state index contributed by atoms with van der Waals surface area (Å²) in [6, 6.07) is 0. The Morgan fingerprint density at radius 3 is 2.56 bits per heavy atom. The number of nitrogens with two attached hydrogens (primary N) is 2. The normalized spacial score (nSPS) is 9.44. The molecule has 0 saturated carbocycles. The van der Waals surface area contributed by atoms with E-state index < -0.39 is 0 Å². The maximum absolute atomic E-state index is 10.1. The van der Waals surface area contributed by atoms with Gasteiger partial charge >= 0.3 is 0 Å². The molecular formula is C5H12N2O2. The van der Waals surface area contributed by atoms with Crippen molar-refractivity contribution in [3.63, 3.8) is 0 Å². The van der Waals surface area contributed by atoms with Gasteiger partial charge in [-0.1, -0.05) is 0 Å². The number of primary amides is 1. The van der Waals surface area contributed by atoms with Gasteiger partial charge in [0.1, 0.15) is 0 Å². The second kappa shape index (κ2) is 5.53. The van der Waals surface area contributed by atoms with Gasteiger partial charge in [-0.05, 0) is 0 Å². The average Bonchev–Trinajstić information content (AvgIpc) is 1.80. The molecule has 0 fully saturated rings. The molecule has 0 aromatic heterocycles. The Bertz CT molecular complexity index is 85.0. The molecule has 0 aliphatic carbocycles. The quantitative estimate of drug-likeness (QED) is 0.463. The molecule has 54 valence electrons. The fourth-order valence-electron chi connectivity index (χ4n) is 0.358. The topological polar surface area (TPSA) is 78.3 Å². The summed E-state index contributed by atoms with van der Waals surface area (Å²) in [6.45, 7) is 1.36. The van der Waals surface area contributed by atoms with Gasteiger partial charge in [0.05, 0.1) is 13.2 Å². The zero-order valence-corrected chi connectivity index (χ0v) is 5.30. The zero-order valence-electron chi connectivity index (χ0n) is 5.30. The Hall–Kier alpha value is -0.610. The highest BCUT2D eigenvalue weighted by Gasteiger charge is 1.91. The zero-order chi connectivity index (χ0) is 7.11. The van der Waals surface area contributed by atoms with Crippen LogP contribution in [-0.4, -0.2) is 25.7 Å². The van der Waals surface area contributed by atoms with Gasteiger partial charge in [-0.3, -0.25) is 4.79 Å². The van der Waals surface area contributed by atoms with Crippen molar-refractivity contribution >= 4 is 5.91 Å². The summed E-state index contributed by atoms with van der Waals surface area (Å²) in [7, 11) is 0. The maximum atomic E-state index is 10.1. The van der Waals surface area contributed by atoms with Crippen molar-refractivity contribution in [2.75, 3.05) is 19.8 Å². The van der Waals surface area contributed by atoms with Gasteiger partial charge in [0.2, 0.25) is 5.91 Å². The Labute approximate surface area is 54.2 Å². The van der Waals surface area contributed by atoms with Crippen LogP contribution in [0, 0.1) is 0 Å². The molecule has 1 amide bonds. The molecular weight excluding hydrogens is 120 g/mol. The number of ether oxygens (including phenoxy) is 1. The first kappa shape index (κ1) is 8.39. The van der Waals surface area contributed by atoms with Gasteiger partial charge in [0, 0.05) is 13.0 Å². The number of hydrogen-bond donors (Lipinski definition) is 2. The molecule has 0 heterocycles. The molecule has 0 aliphatic heterocycles. The van der Waals surface area contributed by atoms with Crippen LogP contribution in [0.4, 0.5) is 0 Å². The Morgan fingerprint density at radius 1 is 1.44 bits per heavy atom. The van der Waals surface area contributed by atoms with Crippen LogP contribution in [0.5, 0.6) is 0 Å². The van der Waals surface area contributed by atoms with E-state index in [9.17, 15) is 4.79 Å². The molecule has 9 heavy (non-hydrogen) atoms. The first-order chi connectivity index (χ1) is 4.27. The summed E-state index contributed by atoms with van der Waals surface area (Å²) >= 11 is 0. The van der Waals surface area contributed by atoms with Crippen LogP contribution in [0.2, 0.25) is 0 Å². The largest absolute Gasteiger partial charge is 0.380 e. The summed E-state index contributed by atoms with van der Waals surface area (Å²) in [6.07, 6.45) is 0.278. The molecule has 0 aromatic rings. The summed E-state index contributed by atoms with van der Waals surface area (Å²) in [4.78, 5) is 10.1. The number of rotatable bonds is 5. The minimum atomic E-state index is -0.341. The number of carbonyl (C=O) groups is 1. The highest BCUT2D eigenvalue weighted by atomic mass is 16.5. The molecule has 4 heteroatoms. The van der Waals surface area contributed by atoms with Gasteiger partial charge in [-0.25, -0.2) is 0 Å². The van der Waals surface area contributed by atoms with Gasteiger partial charge in [0.25, 0.3) is 0 Å². The van der Waals surface area contributed by atoms with Crippen LogP contribution in [0.25, 0.3) is 0 Å². The fourth-order valence-corrected chi connectivity index (χ4v) is 0.358. The number of amides is 1. The monoisotopic (exact) mass is 132 g/mol. The van der Waals surface area contributed by atoms with Gasteiger partial charge in [-0.2, -0.15) is 0 Å². The van der Waals surface area contributed by atoms with Crippen molar-refractivity contribution in [2.24, 2.45) is 11.5 Å². The van der Waals surface area contributed by atoms with Gasteiger partial charge in [-0.15, -0.1) is 0 Å². The van der Waals surface area contributed by atoms with Crippen LogP contribution in [0.3, 0.4) is 0 Å². The van der Waals surface area contributed by atoms with Crippen LogP contribution in [0.15, 0.2) is 0 Å². The Balaban J connectivity index is 2.83. The third kappa shape index (κ3) is 7.39. The molecule has 0 aromatic carbocycles. The van der Waals surface area contributed by atoms with E-state index in [0.29, 0.717) is 19.8 Å². The minimum absolute atomic E-state index is 0.278. The highest BCUT2D eigenvalue weighted by molar-refractivity contribution is 5.73. The minimum Gasteiger partial charge on any atom is -0.380 e. The fraction of sp³-hybridized carbons (Fsp3) is 0.800. The van der Waals surface area contributed by atoms with E-state index in [4.69, 9.17) is 16.2 Å². The summed E-state index contributed by atoms with van der Waals surface area (Å²) in [5.41, 5.74) is 9.93. The average molecular weight is 132 g/mol. The van der Waals surface area contributed by atoms with E-state index in [2.05, 4.69) is 0 Å². The summed E-state index contributed by atoms with van der Waals surface area (Å²) < 4.78 is 4.87. The third-order valence-corrected chi connectivity index (χ3v) is 0.755. The van der Waals surface area contributed by atoms with Crippen LogP contribution < -0.4 is 11.5 Å². The smallest absolute Gasteiger partial charge is 0.219 e. The highest BCUT2D eigenvalue weighted by Crippen LogP contribution is 1.78. The predicted molar refractivity (Wildman–Crippen MR) is 33.7 cm³/mol. The van der Waals surface area contributed by atoms with Gasteiger partial charge in [0.15, 0.2) is 0 Å².